The van der Waals surface area contributed by atoms with Crippen LogP contribution in [0.25, 0.3) is 0 Å². The molecule has 21 heavy (non-hydrogen) atoms. The third-order valence-electron chi connectivity index (χ3n) is 2.99. The average Bonchev–Trinajstić information content (AvgIpc) is 2.53. The second-order valence-electron chi connectivity index (χ2n) is 4.38. The molecule has 0 aliphatic heterocycles. The quantitative estimate of drug-likeness (QED) is 0.310. The van der Waals surface area contributed by atoms with Crippen LogP contribution in [0, 0.1) is 10.1 Å². The topological polar surface area (TPSA) is 60.2 Å². The number of ketones is 1. The highest BCUT2D eigenvalue weighted by Crippen LogP contribution is 2.34. The summed E-state index contributed by atoms with van der Waals surface area (Å²) in [5.74, 6) is -0.0455. The number of non-ortho nitro benzene ring substituents is 1. The van der Waals surface area contributed by atoms with Gasteiger partial charge < -0.3 is 0 Å². The van der Waals surface area contributed by atoms with E-state index >= 15 is 0 Å². The van der Waals surface area contributed by atoms with Crippen molar-refractivity contribution in [3.8, 4) is 0 Å². The predicted octanol–water partition coefficient (Wildman–Crippen LogP) is 4.68. The zero-order chi connectivity index (χ0) is 15.4. The van der Waals surface area contributed by atoms with Crippen LogP contribution < -0.4 is 0 Å². The molecule has 0 amide bonds. The van der Waals surface area contributed by atoms with Crippen molar-refractivity contribution < 1.29 is 9.72 Å². The fraction of sp³-hybridized carbons (Fsp3) is 0.133. The van der Waals surface area contributed by atoms with Crippen molar-refractivity contribution in [2.24, 2.45) is 0 Å². The van der Waals surface area contributed by atoms with Gasteiger partial charge in [-0.2, -0.15) is 0 Å². The van der Waals surface area contributed by atoms with E-state index in [2.05, 4.69) is 31.9 Å². The molecule has 0 bridgehead atoms. The minimum absolute atomic E-state index is 0.0268. The molecule has 0 aliphatic carbocycles. The Hall–Kier alpha value is -1.53. The minimum atomic E-state index is -0.457. The van der Waals surface area contributed by atoms with Crippen molar-refractivity contribution in [3.05, 3.63) is 75.8 Å². The minimum Gasteiger partial charge on any atom is -0.293 e. The molecule has 0 heterocycles. The molecule has 2 aromatic carbocycles. The third kappa shape index (κ3) is 3.77. The molecule has 0 fully saturated rings. The number of nitro groups is 1. The molecule has 108 valence electrons. The molecule has 4 nitrogen and oxygen atoms in total. The molecule has 2 rings (SSSR count). The van der Waals surface area contributed by atoms with Crippen LogP contribution in [0.4, 0.5) is 5.69 Å². The Bertz CT molecular complexity index is 644. The number of rotatable bonds is 5. The smallest absolute Gasteiger partial charge is 0.269 e. The molecule has 0 saturated carbocycles. The highest BCUT2D eigenvalue weighted by Gasteiger charge is 2.26. The molecule has 6 heteroatoms. The molecule has 0 radical (unpaired) electrons. The van der Waals surface area contributed by atoms with Gasteiger partial charge in [0.1, 0.15) is 0 Å². The van der Waals surface area contributed by atoms with E-state index < -0.39 is 9.75 Å². The first-order valence-corrected chi connectivity index (χ1v) is 7.95. The normalized spacial score (nSPS) is 13.4. The maximum absolute atomic E-state index is 12.3. The van der Waals surface area contributed by atoms with Gasteiger partial charge in [0.15, 0.2) is 5.78 Å². The summed E-state index contributed by atoms with van der Waals surface area (Å²) in [6.45, 7) is 0. The van der Waals surface area contributed by atoms with E-state index in [0.29, 0.717) is 5.56 Å². The Balaban J connectivity index is 2.17. The van der Waals surface area contributed by atoms with E-state index in [1.54, 1.807) is 24.3 Å². The van der Waals surface area contributed by atoms with Gasteiger partial charge in [0, 0.05) is 17.7 Å². The Kier molecular flexibility index (Phi) is 5.25. The summed E-state index contributed by atoms with van der Waals surface area (Å²) in [6, 6.07) is 15.1. The highest BCUT2D eigenvalue weighted by molar-refractivity contribution is 9.12. The number of nitro benzene ring substituents is 1. The molecule has 2 unspecified atom stereocenters. The Labute approximate surface area is 138 Å². The van der Waals surface area contributed by atoms with E-state index in [0.717, 1.165) is 5.56 Å². The van der Waals surface area contributed by atoms with Gasteiger partial charge in [-0.05, 0) is 5.56 Å². The number of halogens is 2. The van der Waals surface area contributed by atoms with Gasteiger partial charge in [0.25, 0.3) is 5.69 Å². The van der Waals surface area contributed by atoms with Crippen molar-refractivity contribution in [1.82, 2.24) is 0 Å². The van der Waals surface area contributed by atoms with Gasteiger partial charge in [0.05, 0.1) is 14.6 Å². The lowest BCUT2D eigenvalue weighted by Gasteiger charge is -2.16. The van der Waals surface area contributed by atoms with Gasteiger partial charge in [-0.15, -0.1) is 0 Å². The highest BCUT2D eigenvalue weighted by atomic mass is 79.9. The number of Topliss-reactive ketones (excluding diaryl/α,β-unsaturated/α-hetero) is 1. The number of benzene rings is 2. The molecular weight excluding hydrogens is 402 g/mol. The first-order valence-electron chi connectivity index (χ1n) is 6.12. The standard InChI is InChI=1S/C15H11Br2NO3/c16-13(10-6-8-12(9-7-10)18(20)21)14(17)15(19)11-4-2-1-3-5-11/h1-9,13-14H. The summed E-state index contributed by atoms with van der Waals surface area (Å²) in [6.07, 6.45) is 0. The first-order chi connectivity index (χ1) is 10.0. The summed E-state index contributed by atoms with van der Waals surface area (Å²) in [4.78, 5) is 21.8. The van der Waals surface area contributed by atoms with E-state index in [1.165, 1.54) is 12.1 Å². The maximum atomic E-state index is 12.3. The fourth-order valence-corrected chi connectivity index (χ4v) is 2.96. The van der Waals surface area contributed by atoms with E-state index in [4.69, 9.17) is 0 Å². The van der Waals surface area contributed by atoms with Crippen LogP contribution >= 0.6 is 31.9 Å². The Morgan fingerprint density at radius 3 is 2.10 bits per heavy atom. The number of hydrogen-bond donors (Lipinski definition) is 0. The van der Waals surface area contributed by atoms with Crippen molar-refractivity contribution in [1.29, 1.82) is 0 Å². The van der Waals surface area contributed by atoms with Crippen LogP contribution in [0.5, 0.6) is 0 Å². The maximum Gasteiger partial charge on any atom is 0.269 e. The zero-order valence-corrected chi connectivity index (χ0v) is 14.0. The molecule has 0 saturated heterocycles. The number of carbonyl (C=O) groups excluding carboxylic acids is 1. The summed E-state index contributed by atoms with van der Waals surface area (Å²) >= 11 is 6.87. The number of alkyl halides is 2. The summed E-state index contributed by atoms with van der Waals surface area (Å²) in [7, 11) is 0. The van der Waals surface area contributed by atoms with Crippen LogP contribution in [0.2, 0.25) is 0 Å². The van der Waals surface area contributed by atoms with E-state index in [9.17, 15) is 14.9 Å². The second kappa shape index (κ2) is 6.95. The first kappa shape index (κ1) is 15.9. The van der Waals surface area contributed by atoms with Crippen molar-refractivity contribution >= 4 is 43.3 Å². The molecule has 2 aromatic rings. The molecule has 0 N–H and O–H groups in total. The average molecular weight is 413 g/mol. The lowest BCUT2D eigenvalue weighted by atomic mass is 10.0. The molecular formula is C15H11Br2NO3. The third-order valence-corrected chi connectivity index (χ3v) is 5.70. The zero-order valence-electron chi connectivity index (χ0n) is 10.8. The largest absolute Gasteiger partial charge is 0.293 e. The summed E-state index contributed by atoms with van der Waals surface area (Å²) < 4.78 is 0. The molecule has 0 aliphatic rings. The molecule has 0 aromatic heterocycles. The van der Waals surface area contributed by atoms with Crippen LogP contribution in [0.3, 0.4) is 0 Å². The lowest BCUT2D eigenvalue weighted by Crippen LogP contribution is -2.19. The molecule has 2 atom stereocenters. The van der Waals surface area contributed by atoms with E-state index in [1.807, 2.05) is 18.2 Å². The number of hydrogen-bond acceptors (Lipinski definition) is 3. The van der Waals surface area contributed by atoms with Gasteiger partial charge >= 0.3 is 0 Å². The fourth-order valence-electron chi connectivity index (χ4n) is 1.84. The van der Waals surface area contributed by atoms with Crippen molar-refractivity contribution in [2.75, 3.05) is 0 Å². The summed E-state index contributed by atoms with van der Waals surface area (Å²) in [5, 5.41) is 10.6. The Morgan fingerprint density at radius 2 is 1.57 bits per heavy atom. The monoisotopic (exact) mass is 411 g/mol. The van der Waals surface area contributed by atoms with Crippen LogP contribution in [-0.4, -0.2) is 15.5 Å². The number of nitrogens with zero attached hydrogens (tertiary/aromatic N) is 1. The van der Waals surface area contributed by atoms with Gasteiger partial charge in [-0.25, -0.2) is 0 Å². The summed E-state index contributed by atoms with van der Waals surface area (Å²) in [5.41, 5.74) is 1.44. The SMILES string of the molecule is O=C(c1ccccc1)C(Br)C(Br)c1ccc([N+](=O)[O-])cc1. The molecule has 0 spiro atoms. The van der Waals surface area contributed by atoms with Crippen LogP contribution in [0.15, 0.2) is 54.6 Å². The number of carbonyl (C=O) groups is 1. The second-order valence-corrected chi connectivity index (χ2v) is 6.36. The van der Waals surface area contributed by atoms with Gasteiger partial charge in [-0.3, -0.25) is 14.9 Å². The predicted molar refractivity (Wildman–Crippen MR) is 88.3 cm³/mol. The van der Waals surface area contributed by atoms with Gasteiger partial charge in [-0.1, -0.05) is 74.3 Å². The van der Waals surface area contributed by atoms with Crippen LogP contribution in [0.1, 0.15) is 20.7 Å². The van der Waals surface area contributed by atoms with Gasteiger partial charge in [0.2, 0.25) is 0 Å². The van der Waals surface area contributed by atoms with E-state index in [-0.39, 0.29) is 16.3 Å². The van der Waals surface area contributed by atoms with Crippen molar-refractivity contribution in [2.45, 2.75) is 9.65 Å². The van der Waals surface area contributed by atoms with Crippen molar-refractivity contribution in [3.63, 3.8) is 0 Å². The lowest BCUT2D eigenvalue weighted by molar-refractivity contribution is -0.384. The Morgan fingerprint density at radius 1 is 1.00 bits per heavy atom. The van der Waals surface area contributed by atoms with Crippen LogP contribution in [-0.2, 0) is 0 Å².